The Hall–Kier alpha value is -6.43. The molecule has 0 fully saturated rings. The first-order valence-electron chi connectivity index (χ1n) is 16.6. The quantitative estimate of drug-likeness (QED) is 0.185. The van der Waals surface area contributed by atoms with Crippen LogP contribution in [-0.2, 0) is 0 Å². The first-order chi connectivity index (χ1) is 24.8. The van der Waals surface area contributed by atoms with Gasteiger partial charge >= 0.3 is 0 Å². The van der Waals surface area contributed by atoms with Crippen molar-refractivity contribution in [1.29, 1.82) is 0 Å². The van der Waals surface area contributed by atoms with E-state index in [4.69, 9.17) is 19.4 Å². The molecule has 0 aliphatic rings. The number of aromatic nitrogens is 3. The molecule has 234 valence electrons. The van der Waals surface area contributed by atoms with Gasteiger partial charge in [-0.1, -0.05) is 127 Å². The van der Waals surface area contributed by atoms with E-state index in [0.717, 1.165) is 65.6 Å². The van der Waals surface area contributed by atoms with Crippen LogP contribution in [0.5, 0.6) is 0 Å². The van der Waals surface area contributed by atoms with Crippen molar-refractivity contribution in [2.75, 3.05) is 0 Å². The lowest BCUT2D eigenvalue weighted by Crippen LogP contribution is -2.01. The van der Waals surface area contributed by atoms with E-state index in [1.807, 2.05) is 42.5 Å². The fraction of sp³-hybridized carbons (Fsp3) is 0. The minimum Gasteiger partial charge on any atom is -0.456 e. The molecule has 0 radical (unpaired) electrons. The number of benzene rings is 7. The van der Waals surface area contributed by atoms with Gasteiger partial charge in [0.25, 0.3) is 0 Å². The van der Waals surface area contributed by atoms with Crippen molar-refractivity contribution < 1.29 is 4.42 Å². The van der Waals surface area contributed by atoms with E-state index in [1.165, 1.54) is 15.5 Å². The number of nitrogens with zero attached hydrogens (tertiary/aromatic N) is 3. The van der Waals surface area contributed by atoms with Crippen molar-refractivity contribution in [3.05, 3.63) is 164 Å². The summed E-state index contributed by atoms with van der Waals surface area (Å²) in [6.07, 6.45) is 0. The Labute approximate surface area is 292 Å². The van der Waals surface area contributed by atoms with Gasteiger partial charge in [-0.2, -0.15) is 0 Å². The van der Waals surface area contributed by atoms with Crippen molar-refractivity contribution in [3.63, 3.8) is 0 Å². The van der Waals surface area contributed by atoms with Crippen molar-refractivity contribution in [1.82, 2.24) is 15.0 Å². The molecule has 0 spiro atoms. The van der Waals surface area contributed by atoms with Crippen LogP contribution in [0.2, 0.25) is 0 Å². The van der Waals surface area contributed by atoms with Crippen molar-refractivity contribution in [2.24, 2.45) is 0 Å². The Morgan fingerprint density at radius 1 is 0.380 bits per heavy atom. The van der Waals surface area contributed by atoms with E-state index in [1.54, 1.807) is 11.3 Å². The predicted molar refractivity (Wildman–Crippen MR) is 207 cm³/mol. The second-order valence-electron chi connectivity index (χ2n) is 12.4. The van der Waals surface area contributed by atoms with Crippen LogP contribution in [0.15, 0.2) is 168 Å². The van der Waals surface area contributed by atoms with Gasteiger partial charge in [0, 0.05) is 47.6 Å². The van der Waals surface area contributed by atoms with E-state index in [0.29, 0.717) is 17.5 Å². The lowest BCUT2D eigenvalue weighted by Gasteiger charge is -2.14. The summed E-state index contributed by atoms with van der Waals surface area (Å²) >= 11 is 1.78. The zero-order valence-corrected chi connectivity index (χ0v) is 27.6. The summed E-state index contributed by atoms with van der Waals surface area (Å²) in [4.78, 5) is 15.9. The summed E-state index contributed by atoms with van der Waals surface area (Å²) in [6, 6.07) is 56.8. The summed E-state index contributed by atoms with van der Waals surface area (Å²) in [7, 11) is 0. The summed E-state index contributed by atoms with van der Waals surface area (Å²) in [5.41, 5.74) is 8.91. The Morgan fingerprint density at radius 3 is 1.80 bits per heavy atom. The SMILES string of the molecule is c1ccc(-c2ccc(-c3nc(-c4cccc5c4sc4ccccc45)nc(-c4cccc5oc6ccccc6c45)n3)c(-c3ccccc3)c2)cc1. The normalized spacial score (nSPS) is 11.6. The van der Waals surface area contributed by atoms with E-state index < -0.39 is 0 Å². The molecule has 0 unspecified atom stereocenters. The monoisotopic (exact) mass is 657 g/mol. The molecule has 0 atom stereocenters. The zero-order valence-electron chi connectivity index (χ0n) is 26.7. The minimum absolute atomic E-state index is 0.603. The zero-order chi connectivity index (χ0) is 33.0. The molecule has 5 heteroatoms. The number of hydrogen-bond donors (Lipinski definition) is 0. The number of fused-ring (bicyclic) bond motifs is 6. The third kappa shape index (κ3) is 4.71. The maximum atomic E-state index is 6.30. The van der Waals surface area contributed by atoms with Crippen molar-refractivity contribution in [3.8, 4) is 56.4 Å². The first kappa shape index (κ1) is 28.6. The molecule has 0 N–H and O–H groups in total. The molecule has 0 amide bonds. The van der Waals surface area contributed by atoms with Crippen molar-refractivity contribution in [2.45, 2.75) is 0 Å². The molecule has 4 nitrogen and oxygen atoms in total. The number of para-hydroxylation sites is 1. The molecule has 7 aromatic carbocycles. The predicted octanol–water partition coefficient (Wildman–Crippen LogP) is 12.5. The number of thiophene rings is 1. The first-order valence-corrected chi connectivity index (χ1v) is 17.4. The van der Waals surface area contributed by atoms with Crippen LogP contribution in [0, 0.1) is 0 Å². The van der Waals surface area contributed by atoms with Crippen LogP contribution < -0.4 is 0 Å². The fourth-order valence-electron chi connectivity index (χ4n) is 7.03. The van der Waals surface area contributed by atoms with Gasteiger partial charge in [0.2, 0.25) is 0 Å². The Morgan fingerprint density at radius 2 is 0.980 bits per heavy atom. The van der Waals surface area contributed by atoms with Gasteiger partial charge in [0.05, 0.1) is 0 Å². The lowest BCUT2D eigenvalue weighted by molar-refractivity contribution is 0.669. The van der Waals surface area contributed by atoms with E-state index in [-0.39, 0.29) is 0 Å². The van der Waals surface area contributed by atoms with Gasteiger partial charge in [0.1, 0.15) is 11.2 Å². The summed E-state index contributed by atoms with van der Waals surface area (Å²) < 4.78 is 8.70. The second-order valence-corrected chi connectivity index (χ2v) is 13.4. The number of rotatable bonds is 5. The highest BCUT2D eigenvalue weighted by Gasteiger charge is 2.21. The molecule has 0 bridgehead atoms. The third-order valence-corrected chi connectivity index (χ3v) is 10.6. The van der Waals surface area contributed by atoms with Gasteiger partial charge in [-0.3, -0.25) is 0 Å². The van der Waals surface area contributed by atoms with Crippen LogP contribution >= 0.6 is 11.3 Å². The summed E-state index contributed by atoms with van der Waals surface area (Å²) in [6.45, 7) is 0. The van der Waals surface area contributed by atoms with Gasteiger partial charge in [-0.05, 0) is 58.7 Å². The molecule has 10 aromatic rings. The summed E-state index contributed by atoms with van der Waals surface area (Å²) in [5.74, 6) is 1.86. The van der Waals surface area contributed by atoms with E-state index >= 15 is 0 Å². The molecule has 0 aliphatic carbocycles. The molecular formula is C45H27N3OS. The van der Waals surface area contributed by atoms with E-state index in [2.05, 4.69) is 121 Å². The maximum Gasteiger partial charge on any atom is 0.165 e. The van der Waals surface area contributed by atoms with Crippen LogP contribution in [0.4, 0.5) is 0 Å². The third-order valence-electron chi connectivity index (χ3n) is 9.38. The largest absolute Gasteiger partial charge is 0.456 e. The molecule has 3 aromatic heterocycles. The molecule has 0 aliphatic heterocycles. The van der Waals surface area contributed by atoms with Gasteiger partial charge in [-0.15, -0.1) is 11.3 Å². The number of furan rings is 1. The van der Waals surface area contributed by atoms with Crippen LogP contribution in [-0.4, -0.2) is 15.0 Å². The smallest absolute Gasteiger partial charge is 0.165 e. The van der Waals surface area contributed by atoms with E-state index in [9.17, 15) is 0 Å². The average molecular weight is 658 g/mol. The van der Waals surface area contributed by atoms with Crippen molar-refractivity contribution >= 4 is 53.4 Å². The maximum absolute atomic E-state index is 6.30. The molecule has 0 saturated carbocycles. The minimum atomic E-state index is 0.603. The molecule has 0 saturated heterocycles. The highest BCUT2D eigenvalue weighted by Crippen LogP contribution is 2.42. The standard InChI is InChI=1S/C45H27N3OS/c1-3-13-28(14-4-1)30-25-26-33(37(27-30)29-15-5-2-6-16-29)43-46-44(35-20-12-23-39-41(35)34-18-7-9-22-38(34)49-39)48-45(47-43)36-21-11-19-32-31-17-8-10-24-40(31)50-42(32)36/h1-27H. The summed E-state index contributed by atoms with van der Waals surface area (Å²) in [5, 5.41) is 4.47. The second kappa shape index (κ2) is 11.6. The van der Waals surface area contributed by atoms with Gasteiger partial charge < -0.3 is 4.42 Å². The molecule has 10 rings (SSSR count). The molecular weight excluding hydrogens is 631 g/mol. The number of hydrogen-bond acceptors (Lipinski definition) is 5. The van der Waals surface area contributed by atoms with Gasteiger partial charge in [-0.25, -0.2) is 15.0 Å². The fourth-order valence-corrected chi connectivity index (χ4v) is 8.24. The lowest BCUT2D eigenvalue weighted by atomic mass is 9.94. The Kier molecular flexibility index (Phi) is 6.64. The molecule has 50 heavy (non-hydrogen) atoms. The van der Waals surface area contributed by atoms with Crippen LogP contribution in [0.3, 0.4) is 0 Å². The molecule has 3 heterocycles. The highest BCUT2D eigenvalue weighted by atomic mass is 32.1. The Balaban J connectivity index is 1.27. The Bertz CT molecular complexity index is 2870. The van der Waals surface area contributed by atoms with Crippen LogP contribution in [0.25, 0.3) is 98.5 Å². The average Bonchev–Trinajstić information content (AvgIpc) is 3.77. The van der Waals surface area contributed by atoms with Crippen LogP contribution in [0.1, 0.15) is 0 Å². The van der Waals surface area contributed by atoms with Gasteiger partial charge in [0.15, 0.2) is 17.5 Å². The topological polar surface area (TPSA) is 51.8 Å². The highest BCUT2D eigenvalue weighted by molar-refractivity contribution is 7.26.